The van der Waals surface area contributed by atoms with Gasteiger partial charge >= 0.3 is 113 Å². The molecule has 0 spiro atoms. The van der Waals surface area contributed by atoms with E-state index in [1.165, 1.54) is 73.6 Å². The molecule has 0 aliphatic heterocycles. The molecule has 42 heavy (non-hydrogen) atoms. The summed E-state index contributed by atoms with van der Waals surface area (Å²) in [4.78, 5) is 0. The number of halogens is 2. The summed E-state index contributed by atoms with van der Waals surface area (Å²) in [6, 6.07) is 36.7. The van der Waals surface area contributed by atoms with Gasteiger partial charge in [0.1, 0.15) is 0 Å². The van der Waals surface area contributed by atoms with Crippen LogP contribution in [0.2, 0.25) is 0 Å². The van der Waals surface area contributed by atoms with Crippen molar-refractivity contribution in [3.05, 3.63) is 120 Å². The van der Waals surface area contributed by atoms with Gasteiger partial charge in [-0.2, -0.15) is 18.2 Å². The fourth-order valence-electron chi connectivity index (χ4n) is 5.78. The van der Waals surface area contributed by atoms with E-state index < -0.39 is 18.6 Å². The zero-order valence-corrected chi connectivity index (χ0v) is 31.3. The molecule has 0 heterocycles. The van der Waals surface area contributed by atoms with Gasteiger partial charge < -0.3 is 0 Å². The number of benzene rings is 3. The second-order valence-corrected chi connectivity index (χ2v) is 25.2. The zero-order valence-electron chi connectivity index (χ0n) is 26.2. The molecule has 0 amide bonds. The van der Waals surface area contributed by atoms with Gasteiger partial charge in [-0.3, -0.25) is 0 Å². The van der Waals surface area contributed by atoms with Crippen molar-refractivity contribution < 1.29 is 18.6 Å². The summed E-state index contributed by atoms with van der Waals surface area (Å²) >= 11 is -2.45. The Kier molecular flexibility index (Phi) is 11.7. The molecule has 222 valence electrons. The van der Waals surface area contributed by atoms with E-state index in [0.29, 0.717) is 5.92 Å². The topological polar surface area (TPSA) is 0 Å². The van der Waals surface area contributed by atoms with Crippen LogP contribution in [0.4, 0.5) is 0 Å². The molecular formula is C39H46Cl2Hf-2. The van der Waals surface area contributed by atoms with Crippen LogP contribution in [0.5, 0.6) is 0 Å². The van der Waals surface area contributed by atoms with E-state index in [1.54, 1.807) is 0 Å². The molecule has 6 rings (SSSR count). The van der Waals surface area contributed by atoms with Gasteiger partial charge in [0.05, 0.1) is 0 Å². The molecule has 1 aliphatic carbocycles. The Labute approximate surface area is 269 Å². The predicted molar refractivity (Wildman–Crippen MR) is 185 cm³/mol. The Morgan fingerprint density at radius 2 is 1.17 bits per heavy atom. The molecule has 0 bridgehead atoms. The average molecular weight is 764 g/mol. The second kappa shape index (κ2) is 14.8. The first kappa shape index (κ1) is 33.1. The van der Waals surface area contributed by atoms with Crippen molar-refractivity contribution in [2.75, 3.05) is 0 Å². The molecule has 5 aromatic rings. The van der Waals surface area contributed by atoms with Crippen LogP contribution in [0.25, 0.3) is 21.5 Å². The van der Waals surface area contributed by atoms with Crippen LogP contribution in [0.15, 0.2) is 103 Å². The van der Waals surface area contributed by atoms with Crippen molar-refractivity contribution in [3.8, 4) is 0 Å². The van der Waals surface area contributed by atoms with E-state index in [2.05, 4.69) is 114 Å². The maximum atomic E-state index is 6.35. The summed E-state index contributed by atoms with van der Waals surface area (Å²) in [5, 5.41) is 5.48. The molecule has 0 unspecified atom stereocenters. The van der Waals surface area contributed by atoms with Crippen molar-refractivity contribution in [2.24, 2.45) is 5.92 Å². The van der Waals surface area contributed by atoms with E-state index in [1.807, 2.05) is 30.3 Å². The Balaban J connectivity index is 0.000000170. The van der Waals surface area contributed by atoms with Crippen LogP contribution in [-0.2, 0) is 29.4 Å². The van der Waals surface area contributed by atoms with Gasteiger partial charge in [-0.25, -0.2) is 12.1 Å². The molecule has 1 fully saturated rings. The molecule has 1 aliphatic rings. The molecule has 3 heteroatoms. The van der Waals surface area contributed by atoms with Crippen LogP contribution in [0.3, 0.4) is 0 Å². The third kappa shape index (κ3) is 8.87. The van der Waals surface area contributed by atoms with E-state index in [4.69, 9.17) is 17.2 Å². The summed E-state index contributed by atoms with van der Waals surface area (Å²) in [6.07, 6.45) is 6.64. The number of hydrogen-bond donors (Lipinski definition) is 0. The molecular weight excluding hydrogens is 718 g/mol. The molecule has 0 radical (unpaired) electrons. The van der Waals surface area contributed by atoms with Crippen LogP contribution < -0.4 is 0 Å². The zero-order chi connectivity index (χ0) is 30.3. The molecule has 0 N–H and O–H groups in total. The van der Waals surface area contributed by atoms with Crippen molar-refractivity contribution in [3.63, 3.8) is 0 Å². The maximum Gasteiger partial charge on any atom is -0.172 e. The largest absolute Gasteiger partial charge is 0.214 e. The minimum atomic E-state index is -2.45. The van der Waals surface area contributed by atoms with Crippen molar-refractivity contribution >= 4 is 42.0 Å². The van der Waals surface area contributed by atoms with Gasteiger partial charge in [-0.15, -0.1) is 39.7 Å². The van der Waals surface area contributed by atoms with Crippen molar-refractivity contribution in [1.29, 1.82) is 0 Å². The molecule has 0 atom stereocenters. The summed E-state index contributed by atoms with van der Waals surface area (Å²) in [5.74, 6) is 0.674. The summed E-state index contributed by atoms with van der Waals surface area (Å²) in [5.41, 5.74) is 4.52. The Morgan fingerprint density at radius 1 is 0.667 bits per heavy atom. The third-order valence-electron chi connectivity index (χ3n) is 8.29. The second-order valence-electron chi connectivity index (χ2n) is 13.6. The van der Waals surface area contributed by atoms with Crippen LogP contribution in [0, 0.1) is 5.92 Å². The standard InChI is InChI=1S/C21H25.C13H16.C5H5.2ClH.Hf/c1-20(2,3)16-7-9-18-14(12-16)11-15-13-17(21(4,5)6)8-10-19(15)18;1-3-7-12(8-4-1)11-13-9-5-2-6-10-13;1-2-4-5-3-1;;;/h7-13H,1-6H3;1,3-4,7-8,13H,2,5-6,9-10H2;1-5H;2*1H;/q-1;;-1;;;+2/p-2. The summed E-state index contributed by atoms with van der Waals surface area (Å²) < 4.78 is 1.44. The summed E-state index contributed by atoms with van der Waals surface area (Å²) in [6.45, 7) is 13.6. The molecule has 0 saturated heterocycles. The normalized spacial score (nSPS) is 14.1. The van der Waals surface area contributed by atoms with E-state index in [-0.39, 0.29) is 10.8 Å². The first-order valence-corrected chi connectivity index (χ1v) is 26.1. The third-order valence-corrected chi connectivity index (χ3v) is 15.6. The van der Waals surface area contributed by atoms with E-state index in [9.17, 15) is 0 Å². The molecule has 5 aromatic carbocycles. The van der Waals surface area contributed by atoms with Gasteiger partial charge in [0.25, 0.3) is 0 Å². The van der Waals surface area contributed by atoms with Crippen LogP contribution >= 0.6 is 17.2 Å². The minimum Gasteiger partial charge on any atom is -0.214 e. The van der Waals surface area contributed by atoms with E-state index in [0.717, 1.165) is 0 Å². The minimum absolute atomic E-state index is 0.203. The van der Waals surface area contributed by atoms with Crippen LogP contribution in [-0.4, -0.2) is 3.26 Å². The number of fused-ring (bicyclic) bond motifs is 3. The fourth-order valence-corrected chi connectivity index (χ4v) is 13.6. The maximum absolute atomic E-state index is 6.35. The van der Waals surface area contributed by atoms with Crippen molar-refractivity contribution in [1.82, 2.24) is 0 Å². The number of hydrogen-bond acceptors (Lipinski definition) is 0. The quantitative estimate of drug-likeness (QED) is 0.124. The number of rotatable bonds is 2. The van der Waals surface area contributed by atoms with Gasteiger partial charge in [0.15, 0.2) is 0 Å². The average Bonchev–Trinajstić information content (AvgIpc) is 3.65. The smallest absolute Gasteiger partial charge is 0.172 e. The van der Waals surface area contributed by atoms with E-state index >= 15 is 0 Å². The first-order chi connectivity index (χ1) is 19.9. The predicted octanol–water partition coefficient (Wildman–Crippen LogP) is 12.4. The molecule has 0 nitrogen and oxygen atoms in total. The molecule has 1 saturated carbocycles. The Hall–Kier alpha value is -1.80. The SMILES string of the molecule is CC(C)(C)c1ccc2c(c1)[cH-]c1cc(C(C)(C)C)ccc12.[Cl][Hf]([Cl])=[C](c1ccccc1)C1CCCCC1.c1cc[cH-]c1. The van der Waals surface area contributed by atoms with Gasteiger partial charge in [-0.05, 0) is 10.8 Å². The van der Waals surface area contributed by atoms with Crippen molar-refractivity contribution in [2.45, 2.75) is 84.5 Å². The Bertz CT molecular complexity index is 1480. The van der Waals surface area contributed by atoms with Gasteiger partial charge in [0, 0.05) is 0 Å². The van der Waals surface area contributed by atoms with Crippen LogP contribution in [0.1, 0.15) is 90.3 Å². The van der Waals surface area contributed by atoms with Gasteiger partial charge in [0.2, 0.25) is 0 Å². The molecule has 0 aromatic heterocycles. The summed E-state index contributed by atoms with van der Waals surface area (Å²) in [7, 11) is 12.7. The Morgan fingerprint density at radius 3 is 1.57 bits per heavy atom. The monoisotopic (exact) mass is 764 g/mol. The first-order valence-electron chi connectivity index (χ1n) is 15.4. The fraction of sp³-hybridized carbons (Fsp3) is 0.359. The van der Waals surface area contributed by atoms with Gasteiger partial charge in [-0.1, -0.05) is 76.9 Å².